The SMILES string of the molecule is COCC(C)NC(=O)COC(=O)c1cc(C)c(C)c(S(=O)(=O)N2CCC(C)CC2)c1. The van der Waals surface area contributed by atoms with E-state index < -0.39 is 28.5 Å². The van der Waals surface area contributed by atoms with E-state index in [1.54, 1.807) is 26.8 Å². The largest absolute Gasteiger partial charge is 0.452 e. The number of ether oxygens (including phenoxy) is 2. The lowest BCUT2D eigenvalue weighted by Gasteiger charge is -2.30. The zero-order chi connectivity index (χ0) is 22.5. The minimum absolute atomic E-state index is 0.111. The molecule has 1 heterocycles. The fourth-order valence-corrected chi connectivity index (χ4v) is 5.19. The molecule has 1 fully saturated rings. The third-order valence-corrected chi connectivity index (χ3v) is 7.40. The van der Waals surface area contributed by atoms with Gasteiger partial charge in [0.15, 0.2) is 6.61 Å². The molecular formula is C21H32N2O6S. The second-order valence-electron chi connectivity index (χ2n) is 8.00. The van der Waals surface area contributed by atoms with Crippen molar-refractivity contribution in [3.05, 3.63) is 28.8 Å². The Kier molecular flexibility index (Phi) is 8.40. The van der Waals surface area contributed by atoms with Gasteiger partial charge in [-0.05, 0) is 62.8 Å². The summed E-state index contributed by atoms with van der Waals surface area (Å²) in [5.41, 5.74) is 1.39. The quantitative estimate of drug-likeness (QED) is 0.621. The van der Waals surface area contributed by atoms with Crippen LogP contribution in [-0.2, 0) is 24.3 Å². The van der Waals surface area contributed by atoms with Crippen LogP contribution in [0.25, 0.3) is 0 Å². The number of nitrogens with zero attached hydrogens (tertiary/aromatic N) is 1. The van der Waals surface area contributed by atoms with Crippen molar-refractivity contribution in [1.82, 2.24) is 9.62 Å². The predicted octanol–water partition coefficient (Wildman–Crippen LogP) is 2.03. The summed E-state index contributed by atoms with van der Waals surface area (Å²) in [7, 11) is -2.19. The van der Waals surface area contributed by atoms with Gasteiger partial charge in [-0.3, -0.25) is 4.79 Å². The molecule has 1 N–H and O–H groups in total. The van der Waals surface area contributed by atoms with Crippen molar-refractivity contribution in [2.24, 2.45) is 5.92 Å². The van der Waals surface area contributed by atoms with Gasteiger partial charge < -0.3 is 14.8 Å². The number of rotatable bonds is 8. The molecule has 0 aromatic heterocycles. The van der Waals surface area contributed by atoms with Crippen molar-refractivity contribution < 1.29 is 27.5 Å². The summed E-state index contributed by atoms with van der Waals surface area (Å²) in [4.78, 5) is 24.5. The molecule has 0 radical (unpaired) electrons. The van der Waals surface area contributed by atoms with Crippen LogP contribution >= 0.6 is 0 Å². The fourth-order valence-electron chi connectivity index (χ4n) is 3.40. The van der Waals surface area contributed by atoms with Crippen LogP contribution in [0, 0.1) is 19.8 Å². The summed E-state index contributed by atoms with van der Waals surface area (Å²) in [6.45, 7) is 8.19. The van der Waals surface area contributed by atoms with E-state index >= 15 is 0 Å². The highest BCUT2D eigenvalue weighted by atomic mass is 32.2. The van der Waals surface area contributed by atoms with E-state index in [1.165, 1.54) is 17.5 Å². The molecule has 1 aromatic carbocycles. The monoisotopic (exact) mass is 440 g/mol. The standard InChI is InChI=1S/C21H32N2O6S/c1-14-6-8-23(9-7-14)30(26,27)19-11-18(10-15(2)17(19)4)21(25)29-13-20(24)22-16(3)12-28-5/h10-11,14,16H,6-9,12-13H2,1-5H3,(H,22,24). The fraction of sp³-hybridized carbons (Fsp3) is 0.619. The Hall–Kier alpha value is -1.97. The Morgan fingerprint density at radius 2 is 1.87 bits per heavy atom. The molecule has 0 spiro atoms. The number of piperidine rings is 1. The van der Waals surface area contributed by atoms with Gasteiger partial charge in [-0.2, -0.15) is 4.31 Å². The number of esters is 1. The van der Waals surface area contributed by atoms with Crippen molar-refractivity contribution in [3.8, 4) is 0 Å². The second-order valence-corrected chi connectivity index (χ2v) is 9.91. The molecule has 0 aliphatic carbocycles. The molecule has 30 heavy (non-hydrogen) atoms. The highest BCUT2D eigenvalue weighted by Gasteiger charge is 2.30. The van der Waals surface area contributed by atoms with Gasteiger partial charge in [0.1, 0.15) is 0 Å². The maximum atomic E-state index is 13.2. The van der Waals surface area contributed by atoms with E-state index in [1.807, 2.05) is 0 Å². The lowest BCUT2D eigenvalue weighted by molar-refractivity contribution is -0.125. The number of sulfonamides is 1. The number of carbonyl (C=O) groups excluding carboxylic acids is 2. The van der Waals surface area contributed by atoms with Gasteiger partial charge in [0.05, 0.1) is 17.1 Å². The molecule has 1 unspecified atom stereocenters. The molecular weight excluding hydrogens is 408 g/mol. The van der Waals surface area contributed by atoms with E-state index in [-0.39, 0.29) is 16.5 Å². The van der Waals surface area contributed by atoms with E-state index in [0.717, 1.165) is 12.8 Å². The number of methoxy groups -OCH3 is 1. The van der Waals surface area contributed by atoms with E-state index in [4.69, 9.17) is 9.47 Å². The number of hydrogen-bond donors (Lipinski definition) is 1. The number of aryl methyl sites for hydroxylation is 1. The summed E-state index contributed by atoms with van der Waals surface area (Å²) < 4.78 is 37.9. The third kappa shape index (κ3) is 6.02. The number of carbonyl (C=O) groups is 2. The highest BCUT2D eigenvalue weighted by Crippen LogP contribution is 2.28. The lowest BCUT2D eigenvalue weighted by atomic mass is 10.0. The molecule has 1 saturated heterocycles. The minimum Gasteiger partial charge on any atom is -0.452 e. The number of nitrogens with one attached hydrogen (secondary N) is 1. The van der Waals surface area contributed by atoms with Crippen LogP contribution in [0.15, 0.2) is 17.0 Å². The molecule has 8 nitrogen and oxygen atoms in total. The van der Waals surface area contributed by atoms with Crippen LogP contribution < -0.4 is 5.32 Å². The van der Waals surface area contributed by atoms with Gasteiger partial charge in [-0.15, -0.1) is 0 Å². The maximum Gasteiger partial charge on any atom is 0.338 e. The van der Waals surface area contributed by atoms with Crippen molar-refractivity contribution in [3.63, 3.8) is 0 Å². The average Bonchev–Trinajstić information content (AvgIpc) is 2.68. The molecule has 0 saturated carbocycles. The second kappa shape index (κ2) is 10.4. The van der Waals surface area contributed by atoms with Crippen LogP contribution in [-0.4, -0.2) is 64.1 Å². The molecule has 2 rings (SSSR count). The van der Waals surface area contributed by atoms with Crippen molar-refractivity contribution in [2.45, 2.75) is 51.5 Å². The smallest absolute Gasteiger partial charge is 0.338 e. The number of amides is 1. The first-order valence-corrected chi connectivity index (χ1v) is 11.6. The summed E-state index contributed by atoms with van der Waals surface area (Å²) in [6.07, 6.45) is 1.63. The van der Waals surface area contributed by atoms with Gasteiger partial charge in [0.25, 0.3) is 5.91 Å². The van der Waals surface area contributed by atoms with E-state index in [9.17, 15) is 18.0 Å². The Labute approximate surface area is 179 Å². The van der Waals surface area contributed by atoms with Crippen molar-refractivity contribution in [1.29, 1.82) is 0 Å². The predicted molar refractivity (Wildman–Crippen MR) is 113 cm³/mol. The maximum absolute atomic E-state index is 13.2. The topological polar surface area (TPSA) is 102 Å². The number of benzene rings is 1. The van der Waals surface area contributed by atoms with Gasteiger partial charge in [-0.1, -0.05) is 6.92 Å². The van der Waals surface area contributed by atoms with Crippen molar-refractivity contribution >= 4 is 21.9 Å². The molecule has 1 atom stereocenters. The Morgan fingerprint density at radius 3 is 2.47 bits per heavy atom. The van der Waals surface area contributed by atoms with Gasteiger partial charge in [-0.25, -0.2) is 13.2 Å². The van der Waals surface area contributed by atoms with Crippen LogP contribution in [0.2, 0.25) is 0 Å². The zero-order valence-electron chi connectivity index (χ0n) is 18.4. The molecule has 168 valence electrons. The van der Waals surface area contributed by atoms with E-state index in [0.29, 0.717) is 36.7 Å². The van der Waals surface area contributed by atoms with Crippen LogP contribution in [0.5, 0.6) is 0 Å². The summed E-state index contributed by atoms with van der Waals surface area (Å²) in [5, 5.41) is 2.65. The molecule has 1 aromatic rings. The zero-order valence-corrected chi connectivity index (χ0v) is 19.2. The van der Waals surface area contributed by atoms with Crippen LogP contribution in [0.1, 0.15) is 48.2 Å². The summed E-state index contributed by atoms with van der Waals surface area (Å²) in [5.74, 6) is -0.693. The molecule has 9 heteroatoms. The Morgan fingerprint density at radius 1 is 1.23 bits per heavy atom. The Bertz CT molecular complexity index is 876. The minimum atomic E-state index is -3.72. The Balaban J connectivity index is 2.16. The molecule has 1 amide bonds. The first-order chi connectivity index (χ1) is 14.1. The van der Waals surface area contributed by atoms with Gasteiger partial charge >= 0.3 is 5.97 Å². The molecule has 0 bridgehead atoms. The number of hydrogen-bond acceptors (Lipinski definition) is 6. The summed E-state index contributed by atoms with van der Waals surface area (Å²) in [6, 6.07) is 2.72. The van der Waals surface area contributed by atoms with Crippen LogP contribution in [0.3, 0.4) is 0 Å². The highest BCUT2D eigenvalue weighted by molar-refractivity contribution is 7.89. The first kappa shape index (κ1) is 24.3. The molecule has 1 aliphatic heterocycles. The normalized spacial score (nSPS) is 16.8. The van der Waals surface area contributed by atoms with Gasteiger partial charge in [0, 0.05) is 26.2 Å². The third-order valence-electron chi connectivity index (χ3n) is 5.37. The van der Waals surface area contributed by atoms with Crippen LogP contribution in [0.4, 0.5) is 0 Å². The average molecular weight is 441 g/mol. The molecule has 1 aliphatic rings. The lowest BCUT2D eigenvalue weighted by Crippen LogP contribution is -2.38. The summed E-state index contributed by atoms with van der Waals surface area (Å²) >= 11 is 0. The van der Waals surface area contributed by atoms with E-state index in [2.05, 4.69) is 12.2 Å². The van der Waals surface area contributed by atoms with Gasteiger partial charge in [0.2, 0.25) is 10.0 Å². The first-order valence-electron chi connectivity index (χ1n) is 10.1. The van der Waals surface area contributed by atoms with Crippen molar-refractivity contribution in [2.75, 3.05) is 33.4 Å².